The molecule has 5 heterocycles. The molecule has 2 saturated heterocycles. The summed E-state index contributed by atoms with van der Waals surface area (Å²) in [4.78, 5) is 20.3. The van der Waals surface area contributed by atoms with Crippen molar-refractivity contribution in [3.05, 3.63) is 42.6 Å². The van der Waals surface area contributed by atoms with Crippen LogP contribution >= 0.6 is 11.8 Å². The van der Waals surface area contributed by atoms with Crippen molar-refractivity contribution in [2.75, 3.05) is 31.2 Å². The Kier molecular flexibility index (Phi) is 4.60. The van der Waals surface area contributed by atoms with Gasteiger partial charge in [-0.15, -0.1) is 0 Å². The fourth-order valence-corrected chi connectivity index (χ4v) is 4.67. The molecule has 3 aromatic rings. The Morgan fingerprint density at radius 2 is 1.96 bits per heavy atom. The molecule has 0 radical (unpaired) electrons. The lowest BCUT2D eigenvalue weighted by Gasteiger charge is -2.38. The summed E-state index contributed by atoms with van der Waals surface area (Å²) >= 11 is 1.26. The van der Waals surface area contributed by atoms with Crippen molar-refractivity contribution in [1.82, 2.24) is 19.9 Å². The third kappa shape index (κ3) is 3.42. The van der Waals surface area contributed by atoms with E-state index in [-0.39, 0.29) is 5.82 Å². The van der Waals surface area contributed by atoms with E-state index < -0.39 is 0 Å². The first-order valence-corrected chi connectivity index (χ1v) is 10.3. The van der Waals surface area contributed by atoms with Gasteiger partial charge in [0.2, 0.25) is 0 Å². The third-order valence-corrected chi connectivity index (χ3v) is 6.64. The number of anilines is 1. The van der Waals surface area contributed by atoms with Crippen molar-refractivity contribution in [1.29, 1.82) is 0 Å². The van der Waals surface area contributed by atoms with Crippen molar-refractivity contribution in [3.8, 4) is 0 Å². The summed E-state index contributed by atoms with van der Waals surface area (Å²) in [5.41, 5.74) is 1.69. The summed E-state index contributed by atoms with van der Waals surface area (Å²) in [6.45, 7) is 3.75. The summed E-state index contributed by atoms with van der Waals surface area (Å²) in [7, 11) is 0. The summed E-state index contributed by atoms with van der Waals surface area (Å²) in [6.07, 6.45) is 8.01. The Morgan fingerprint density at radius 1 is 1.07 bits per heavy atom. The van der Waals surface area contributed by atoms with E-state index >= 15 is 0 Å². The van der Waals surface area contributed by atoms with Gasteiger partial charge >= 0.3 is 0 Å². The van der Waals surface area contributed by atoms with Crippen LogP contribution in [0.1, 0.15) is 19.3 Å². The second-order valence-corrected chi connectivity index (χ2v) is 8.48. The number of halogens is 1. The smallest absolute Gasteiger partial charge is 0.179 e. The van der Waals surface area contributed by atoms with Gasteiger partial charge in [0.1, 0.15) is 16.4 Å². The molecule has 0 N–H and O–H groups in total. The topological polar surface area (TPSA) is 64.0 Å². The molecule has 0 atom stereocenters. The molecular weight excluding hydrogens is 377 g/mol. The van der Waals surface area contributed by atoms with E-state index in [1.807, 2.05) is 12.1 Å². The maximum Gasteiger partial charge on any atom is 0.179 e. The summed E-state index contributed by atoms with van der Waals surface area (Å²) < 4.78 is 19.4. The van der Waals surface area contributed by atoms with Crippen LogP contribution in [-0.2, 0) is 4.74 Å². The molecule has 2 aliphatic rings. The molecule has 0 saturated carbocycles. The Bertz CT molecular complexity index is 1000. The van der Waals surface area contributed by atoms with Gasteiger partial charge in [0.15, 0.2) is 11.5 Å². The van der Waals surface area contributed by atoms with Crippen LogP contribution in [0.2, 0.25) is 0 Å². The van der Waals surface area contributed by atoms with E-state index in [9.17, 15) is 4.39 Å². The maximum absolute atomic E-state index is 13.8. The normalized spacial score (nSPS) is 18.8. The van der Waals surface area contributed by atoms with Gasteiger partial charge in [-0.3, -0.25) is 4.98 Å². The largest absolute Gasteiger partial charge is 0.381 e. The van der Waals surface area contributed by atoms with Crippen LogP contribution in [-0.4, -0.2) is 46.2 Å². The van der Waals surface area contributed by atoms with E-state index in [0.717, 1.165) is 50.5 Å². The number of hydrogen-bond donors (Lipinski definition) is 0. The highest BCUT2D eigenvalue weighted by Crippen LogP contribution is 2.40. The minimum atomic E-state index is -0.355. The molecule has 0 aliphatic carbocycles. The highest BCUT2D eigenvalue weighted by Gasteiger charge is 2.38. The molecule has 28 heavy (non-hydrogen) atoms. The molecule has 0 aromatic carbocycles. The van der Waals surface area contributed by atoms with E-state index in [4.69, 9.17) is 9.72 Å². The molecule has 0 amide bonds. The zero-order chi connectivity index (χ0) is 19.0. The van der Waals surface area contributed by atoms with E-state index in [2.05, 4.69) is 19.9 Å². The van der Waals surface area contributed by atoms with Crippen molar-refractivity contribution in [3.63, 3.8) is 0 Å². The van der Waals surface area contributed by atoms with Gasteiger partial charge < -0.3 is 9.64 Å². The van der Waals surface area contributed by atoms with Crippen LogP contribution in [0.15, 0.2) is 46.7 Å². The molecule has 0 bridgehead atoms. The predicted molar refractivity (Wildman–Crippen MR) is 105 cm³/mol. The molecule has 1 spiro atoms. The second kappa shape index (κ2) is 7.25. The van der Waals surface area contributed by atoms with E-state index in [0.29, 0.717) is 21.0 Å². The standard InChI is InChI=1S/C20H20FN5OS/c21-14-11-22-7-3-16(14)28-18-2-1-15-19(25-18)23-12-17(24-15)26-8-4-20(5-9-26)6-10-27-13-20/h1-3,7,11-12H,4-6,8-10,13H2. The van der Waals surface area contributed by atoms with Gasteiger partial charge in [0.25, 0.3) is 0 Å². The summed E-state index contributed by atoms with van der Waals surface area (Å²) in [5.74, 6) is 0.537. The van der Waals surface area contributed by atoms with Crippen molar-refractivity contribution in [2.24, 2.45) is 5.41 Å². The molecule has 2 fully saturated rings. The maximum atomic E-state index is 13.8. The molecule has 2 aliphatic heterocycles. The number of nitrogens with zero attached hydrogens (tertiary/aromatic N) is 5. The van der Waals surface area contributed by atoms with Crippen LogP contribution in [0.3, 0.4) is 0 Å². The average molecular weight is 397 g/mol. The number of aromatic nitrogens is 4. The zero-order valence-electron chi connectivity index (χ0n) is 15.3. The Hall–Kier alpha value is -2.32. The molecule has 8 heteroatoms. The molecule has 3 aromatic heterocycles. The van der Waals surface area contributed by atoms with Crippen LogP contribution in [0, 0.1) is 11.2 Å². The molecule has 5 rings (SSSR count). The van der Waals surface area contributed by atoms with Crippen molar-refractivity contribution in [2.45, 2.75) is 29.2 Å². The van der Waals surface area contributed by atoms with Gasteiger partial charge in [-0.1, -0.05) is 11.8 Å². The van der Waals surface area contributed by atoms with E-state index in [1.54, 1.807) is 18.5 Å². The lowest BCUT2D eigenvalue weighted by molar-refractivity contribution is 0.133. The molecule has 6 nitrogen and oxygen atoms in total. The fourth-order valence-electron chi connectivity index (χ4n) is 3.90. The van der Waals surface area contributed by atoms with Crippen LogP contribution in [0.5, 0.6) is 0 Å². The Balaban J connectivity index is 1.33. The molecule has 144 valence electrons. The SMILES string of the molecule is Fc1cnccc1Sc1ccc2nc(N3CCC4(CCOC4)CC3)cnc2n1. The van der Waals surface area contributed by atoms with Gasteiger partial charge in [-0.05, 0) is 42.9 Å². The van der Waals surface area contributed by atoms with Crippen LogP contribution < -0.4 is 4.90 Å². The fraction of sp³-hybridized carbons (Fsp3) is 0.400. The number of pyridine rings is 2. The minimum absolute atomic E-state index is 0.355. The number of hydrogen-bond acceptors (Lipinski definition) is 7. The number of piperidine rings is 1. The van der Waals surface area contributed by atoms with Crippen molar-refractivity contribution >= 4 is 28.7 Å². The highest BCUT2D eigenvalue weighted by molar-refractivity contribution is 7.99. The molecule has 0 unspecified atom stereocenters. The lowest BCUT2D eigenvalue weighted by atomic mass is 9.78. The minimum Gasteiger partial charge on any atom is -0.381 e. The first kappa shape index (κ1) is 17.8. The van der Waals surface area contributed by atoms with Gasteiger partial charge in [0, 0.05) is 25.9 Å². The summed E-state index contributed by atoms with van der Waals surface area (Å²) in [5, 5.41) is 0.681. The van der Waals surface area contributed by atoms with Gasteiger partial charge in [-0.2, -0.15) is 0 Å². The van der Waals surface area contributed by atoms with Crippen LogP contribution in [0.25, 0.3) is 11.2 Å². The monoisotopic (exact) mass is 397 g/mol. The third-order valence-electron chi connectivity index (χ3n) is 5.65. The number of rotatable bonds is 3. The Labute approximate surface area is 166 Å². The first-order chi connectivity index (χ1) is 13.7. The summed E-state index contributed by atoms with van der Waals surface area (Å²) in [6, 6.07) is 5.39. The number of fused-ring (bicyclic) bond motifs is 1. The predicted octanol–water partition coefficient (Wildman–Crippen LogP) is 3.72. The van der Waals surface area contributed by atoms with Gasteiger partial charge in [0.05, 0.1) is 23.9 Å². The zero-order valence-corrected chi connectivity index (χ0v) is 16.2. The lowest BCUT2D eigenvalue weighted by Crippen LogP contribution is -2.40. The first-order valence-electron chi connectivity index (χ1n) is 9.45. The molecular formula is C20H20FN5OS. The average Bonchev–Trinajstić information content (AvgIpc) is 3.18. The van der Waals surface area contributed by atoms with Crippen molar-refractivity contribution < 1.29 is 9.13 Å². The Morgan fingerprint density at radius 3 is 2.75 bits per heavy atom. The van der Waals surface area contributed by atoms with E-state index in [1.165, 1.54) is 24.4 Å². The van der Waals surface area contributed by atoms with Gasteiger partial charge in [-0.25, -0.2) is 19.3 Å². The second-order valence-electron chi connectivity index (χ2n) is 7.42. The highest BCUT2D eigenvalue weighted by atomic mass is 32.2. The van der Waals surface area contributed by atoms with Crippen LogP contribution in [0.4, 0.5) is 10.2 Å². The quantitative estimate of drug-likeness (QED) is 0.667. The number of ether oxygens (including phenoxy) is 1.